The molecule has 4 heteroatoms. The largest absolute Gasteiger partial charge is 0.355 e. The van der Waals surface area contributed by atoms with Gasteiger partial charge in [0.2, 0.25) is 0 Å². The van der Waals surface area contributed by atoms with E-state index in [1.54, 1.807) is 0 Å². The average Bonchev–Trinajstić information content (AvgIpc) is 2.34. The summed E-state index contributed by atoms with van der Waals surface area (Å²) in [5.41, 5.74) is 2.42. The Hall–Kier alpha value is -1.42. The van der Waals surface area contributed by atoms with E-state index in [2.05, 4.69) is 43.8 Å². The molecule has 0 amide bonds. The molecule has 0 aromatic carbocycles. The van der Waals surface area contributed by atoms with Crippen molar-refractivity contribution in [1.82, 2.24) is 9.97 Å². The molecule has 0 aliphatic rings. The topological polar surface area (TPSA) is 29.0 Å². The normalized spacial score (nSPS) is 10.3. The van der Waals surface area contributed by atoms with Crippen LogP contribution in [-0.2, 0) is 6.54 Å². The maximum absolute atomic E-state index is 4.40. The number of hydrogen-bond donors (Lipinski definition) is 0. The average molecular weight is 292 g/mol. The van der Waals surface area contributed by atoms with Crippen molar-refractivity contribution in [3.8, 4) is 0 Å². The van der Waals surface area contributed by atoms with Gasteiger partial charge in [0.1, 0.15) is 5.82 Å². The first-order valence-electron chi connectivity index (χ1n) is 5.39. The van der Waals surface area contributed by atoms with Crippen LogP contribution < -0.4 is 4.90 Å². The van der Waals surface area contributed by atoms with Gasteiger partial charge in [-0.3, -0.25) is 4.98 Å². The number of nitrogens with zero attached hydrogens (tertiary/aromatic N) is 3. The Kier molecular flexibility index (Phi) is 3.74. The number of aryl methyl sites for hydroxylation is 1. The van der Waals surface area contributed by atoms with Gasteiger partial charge in [-0.1, -0.05) is 0 Å². The smallest absolute Gasteiger partial charge is 0.128 e. The molecule has 0 unspecified atom stereocenters. The summed E-state index contributed by atoms with van der Waals surface area (Å²) >= 11 is 3.46. The summed E-state index contributed by atoms with van der Waals surface area (Å²) in [5.74, 6) is 0.975. The van der Waals surface area contributed by atoms with E-state index in [1.807, 2.05) is 37.8 Å². The molecule has 17 heavy (non-hydrogen) atoms. The van der Waals surface area contributed by atoms with Crippen LogP contribution in [0.1, 0.15) is 11.1 Å². The first-order chi connectivity index (χ1) is 8.16. The van der Waals surface area contributed by atoms with Crippen LogP contribution in [0.5, 0.6) is 0 Å². The lowest BCUT2D eigenvalue weighted by atomic mass is 10.2. The van der Waals surface area contributed by atoms with E-state index in [1.165, 1.54) is 11.1 Å². The van der Waals surface area contributed by atoms with Crippen molar-refractivity contribution in [2.24, 2.45) is 0 Å². The van der Waals surface area contributed by atoms with Crippen LogP contribution in [0, 0.1) is 6.92 Å². The van der Waals surface area contributed by atoms with Crippen LogP contribution in [0.2, 0.25) is 0 Å². The lowest BCUT2D eigenvalue weighted by Crippen LogP contribution is -2.17. The quantitative estimate of drug-likeness (QED) is 0.870. The Bertz CT molecular complexity index is 499. The molecule has 0 N–H and O–H groups in total. The third kappa shape index (κ3) is 3.03. The number of anilines is 1. The Balaban J connectivity index is 2.14. The second-order valence-electron chi connectivity index (χ2n) is 4.00. The minimum Gasteiger partial charge on any atom is -0.355 e. The number of aromatic nitrogens is 2. The number of hydrogen-bond acceptors (Lipinski definition) is 3. The predicted octanol–water partition coefficient (Wildman–Crippen LogP) is 3.18. The van der Waals surface area contributed by atoms with Gasteiger partial charge in [-0.15, -0.1) is 0 Å². The molecule has 0 fully saturated rings. The van der Waals surface area contributed by atoms with Gasteiger partial charge in [-0.05, 0) is 52.2 Å². The summed E-state index contributed by atoms with van der Waals surface area (Å²) in [5, 5.41) is 0. The lowest BCUT2D eigenvalue weighted by Gasteiger charge is -2.18. The maximum atomic E-state index is 4.40. The van der Waals surface area contributed by atoms with Crippen molar-refractivity contribution in [2.45, 2.75) is 13.5 Å². The predicted molar refractivity (Wildman–Crippen MR) is 73.0 cm³/mol. The molecular weight excluding hydrogens is 278 g/mol. The van der Waals surface area contributed by atoms with Crippen molar-refractivity contribution >= 4 is 21.7 Å². The Labute approximate surface area is 110 Å². The minimum absolute atomic E-state index is 0.830. The molecule has 2 aromatic heterocycles. The summed E-state index contributed by atoms with van der Waals surface area (Å²) in [4.78, 5) is 10.5. The highest BCUT2D eigenvalue weighted by molar-refractivity contribution is 9.10. The fourth-order valence-electron chi connectivity index (χ4n) is 1.58. The van der Waals surface area contributed by atoms with E-state index >= 15 is 0 Å². The molecule has 0 aliphatic heterocycles. The first-order valence-corrected chi connectivity index (χ1v) is 6.18. The van der Waals surface area contributed by atoms with Crippen LogP contribution in [0.15, 0.2) is 41.3 Å². The van der Waals surface area contributed by atoms with Crippen LogP contribution in [0.3, 0.4) is 0 Å². The summed E-state index contributed by atoms with van der Waals surface area (Å²) < 4.78 is 1.04. The molecule has 2 rings (SSSR count). The van der Waals surface area contributed by atoms with Crippen LogP contribution >= 0.6 is 15.9 Å². The van der Waals surface area contributed by atoms with Crippen molar-refractivity contribution in [3.05, 3.63) is 52.4 Å². The zero-order valence-corrected chi connectivity index (χ0v) is 11.5. The van der Waals surface area contributed by atoms with Gasteiger partial charge in [-0.25, -0.2) is 4.98 Å². The molecule has 0 aliphatic carbocycles. The van der Waals surface area contributed by atoms with Gasteiger partial charge < -0.3 is 4.90 Å². The van der Waals surface area contributed by atoms with E-state index in [0.717, 1.165) is 16.8 Å². The van der Waals surface area contributed by atoms with Gasteiger partial charge in [-0.2, -0.15) is 0 Å². The van der Waals surface area contributed by atoms with Gasteiger partial charge in [0.05, 0.1) is 0 Å². The highest BCUT2D eigenvalue weighted by atomic mass is 79.9. The van der Waals surface area contributed by atoms with Gasteiger partial charge in [0, 0.05) is 36.7 Å². The van der Waals surface area contributed by atoms with E-state index in [9.17, 15) is 0 Å². The zero-order chi connectivity index (χ0) is 12.3. The molecule has 0 saturated heterocycles. The number of pyridine rings is 2. The van der Waals surface area contributed by atoms with Crippen molar-refractivity contribution in [2.75, 3.05) is 11.9 Å². The fourth-order valence-corrected chi connectivity index (χ4v) is 1.79. The van der Waals surface area contributed by atoms with E-state index in [-0.39, 0.29) is 0 Å². The second-order valence-corrected chi connectivity index (χ2v) is 4.86. The minimum atomic E-state index is 0.830. The van der Waals surface area contributed by atoms with E-state index in [0.29, 0.717) is 0 Å². The molecule has 2 aromatic rings. The van der Waals surface area contributed by atoms with E-state index < -0.39 is 0 Å². The second kappa shape index (κ2) is 5.27. The van der Waals surface area contributed by atoms with Crippen molar-refractivity contribution in [3.63, 3.8) is 0 Å². The third-order valence-corrected chi connectivity index (χ3v) is 3.42. The van der Waals surface area contributed by atoms with E-state index in [4.69, 9.17) is 0 Å². The Morgan fingerprint density at radius 2 is 2.00 bits per heavy atom. The molecule has 3 nitrogen and oxygen atoms in total. The van der Waals surface area contributed by atoms with Gasteiger partial charge in [0.25, 0.3) is 0 Å². The monoisotopic (exact) mass is 291 g/mol. The SMILES string of the molecule is Cc1cc(N(C)Cc2ccncc2)ncc1Br. The van der Waals surface area contributed by atoms with Crippen molar-refractivity contribution < 1.29 is 0 Å². The summed E-state index contributed by atoms with van der Waals surface area (Å²) in [6, 6.07) is 6.11. The molecule has 2 heterocycles. The summed E-state index contributed by atoms with van der Waals surface area (Å²) in [6.07, 6.45) is 5.46. The Morgan fingerprint density at radius 1 is 1.29 bits per heavy atom. The highest BCUT2D eigenvalue weighted by Crippen LogP contribution is 2.20. The molecular formula is C13H14BrN3. The molecule has 88 valence electrons. The fraction of sp³-hybridized carbons (Fsp3) is 0.231. The van der Waals surface area contributed by atoms with Crippen LogP contribution in [0.25, 0.3) is 0 Å². The number of rotatable bonds is 3. The summed E-state index contributed by atoms with van der Waals surface area (Å²) in [7, 11) is 2.04. The maximum Gasteiger partial charge on any atom is 0.128 e. The molecule has 0 radical (unpaired) electrons. The molecule has 0 saturated carbocycles. The number of halogens is 1. The van der Waals surface area contributed by atoms with Gasteiger partial charge in [0.15, 0.2) is 0 Å². The lowest BCUT2D eigenvalue weighted by molar-refractivity contribution is 0.892. The van der Waals surface area contributed by atoms with Crippen LogP contribution in [-0.4, -0.2) is 17.0 Å². The van der Waals surface area contributed by atoms with Gasteiger partial charge >= 0.3 is 0 Å². The highest BCUT2D eigenvalue weighted by Gasteiger charge is 2.05. The van der Waals surface area contributed by atoms with Crippen LogP contribution in [0.4, 0.5) is 5.82 Å². The standard InChI is InChI=1S/C13H14BrN3/c1-10-7-13(16-8-12(10)14)17(2)9-11-3-5-15-6-4-11/h3-8H,9H2,1-2H3. The molecule has 0 bridgehead atoms. The summed E-state index contributed by atoms with van der Waals surface area (Å²) in [6.45, 7) is 2.89. The third-order valence-electron chi connectivity index (χ3n) is 2.59. The van der Waals surface area contributed by atoms with Crippen molar-refractivity contribution in [1.29, 1.82) is 0 Å². The molecule has 0 atom stereocenters. The zero-order valence-electron chi connectivity index (χ0n) is 9.89. The Morgan fingerprint density at radius 3 is 2.65 bits per heavy atom. The molecule has 0 spiro atoms. The first kappa shape index (κ1) is 12.0.